The van der Waals surface area contributed by atoms with Crippen LogP contribution in [0.1, 0.15) is 0 Å². The van der Waals surface area contributed by atoms with Crippen molar-refractivity contribution in [1.82, 2.24) is 9.97 Å². The highest BCUT2D eigenvalue weighted by Gasteiger charge is 2.21. The van der Waals surface area contributed by atoms with E-state index in [1.807, 2.05) is 30.3 Å². The van der Waals surface area contributed by atoms with Gasteiger partial charge < -0.3 is 9.52 Å². The number of nitrogens with zero attached hydrogens (tertiary/aromatic N) is 2. The van der Waals surface area contributed by atoms with E-state index in [9.17, 15) is 13.5 Å². The maximum absolute atomic E-state index is 12.9. The zero-order valence-electron chi connectivity index (χ0n) is 16.5. The van der Waals surface area contributed by atoms with Crippen molar-refractivity contribution < 1.29 is 17.9 Å². The van der Waals surface area contributed by atoms with Crippen molar-refractivity contribution in [3.63, 3.8) is 0 Å². The predicted molar refractivity (Wildman–Crippen MR) is 124 cm³/mol. The average molecular weight is 461 g/mol. The second kappa shape index (κ2) is 8.14. The van der Waals surface area contributed by atoms with Crippen LogP contribution in [-0.2, 0) is 8.87 Å². The van der Waals surface area contributed by atoms with Crippen molar-refractivity contribution in [3.05, 3.63) is 91.0 Å². The number of benzene rings is 3. The lowest BCUT2D eigenvalue weighted by molar-refractivity contribution is 0.475. The minimum absolute atomic E-state index is 0.0786. The Morgan fingerprint density at radius 1 is 0.781 bits per heavy atom. The zero-order valence-corrected chi connectivity index (χ0v) is 18.2. The Labute approximate surface area is 187 Å². The summed E-state index contributed by atoms with van der Waals surface area (Å²) >= 11 is 0. The molecule has 0 fully saturated rings. The van der Waals surface area contributed by atoms with Crippen molar-refractivity contribution in [2.75, 3.05) is 0 Å². The maximum atomic E-state index is 12.9. The Morgan fingerprint density at radius 3 is 2.22 bits per heavy atom. The minimum atomic E-state index is -3.72. The first-order valence-corrected chi connectivity index (χ1v) is 12.5. The molecule has 0 unspecified atom stereocenters. The third kappa shape index (κ3) is 4.10. The molecule has 0 atom stereocenters. The highest BCUT2D eigenvalue weighted by atomic mass is 33.1. The van der Waals surface area contributed by atoms with E-state index < -0.39 is 8.87 Å². The number of hydrogen-bond acceptors (Lipinski definition) is 7. The average Bonchev–Trinajstić information content (AvgIpc) is 3.24. The van der Waals surface area contributed by atoms with Crippen LogP contribution in [0.15, 0.2) is 105 Å². The summed E-state index contributed by atoms with van der Waals surface area (Å²) in [4.78, 5) is 9.13. The van der Waals surface area contributed by atoms with Crippen LogP contribution in [0.25, 0.3) is 33.7 Å². The summed E-state index contributed by atoms with van der Waals surface area (Å²) in [6.07, 6.45) is 0. The molecule has 0 amide bonds. The van der Waals surface area contributed by atoms with E-state index >= 15 is 0 Å². The molecule has 32 heavy (non-hydrogen) atoms. The van der Waals surface area contributed by atoms with Gasteiger partial charge >= 0.3 is 0 Å². The van der Waals surface area contributed by atoms with E-state index in [1.165, 1.54) is 12.1 Å². The lowest BCUT2D eigenvalue weighted by atomic mass is 10.1. The molecule has 0 saturated heterocycles. The summed E-state index contributed by atoms with van der Waals surface area (Å²) in [5.74, 6) is 0.633. The number of furan rings is 1. The van der Waals surface area contributed by atoms with Gasteiger partial charge in [0, 0.05) is 10.9 Å². The second-order valence-corrected chi connectivity index (χ2v) is 10.7. The summed E-state index contributed by atoms with van der Waals surface area (Å²) in [5, 5.41) is 10.6. The molecule has 3 aromatic carbocycles. The molecule has 0 aliphatic carbocycles. The number of phenols is 1. The van der Waals surface area contributed by atoms with Gasteiger partial charge in [0.25, 0.3) is 0 Å². The molecule has 6 nitrogen and oxygen atoms in total. The van der Waals surface area contributed by atoms with Crippen LogP contribution < -0.4 is 0 Å². The summed E-state index contributed by atoms with van der Waals surface area (Å²) < 4.78 is 31.8. The van der Waals surface area contributed by atoms with E-state index in [-0.39, 0.29) is 15.8 Å². The fourth-order valence-electron chi connectivity index (χ4n) is 3.21. The number of hydrogen-bond donors (Lipinski definition) is 1. The van der Waals surface area contributed by atoms with Gasteiger partial charge in [0.15, 0.2) is 5.76 Å². The second-order valence-electron chi connectivity index (χ2n) is 6.97. The molecule has 2 aromatic heterocycles. The normalized spacial score (nSPS) is 11.6. The molecule has 5 aromatic rings. The molecule has 158 valence electrons. The van der Waals surface area contributed by atoms with Gasteiger partial charge in [-0.2, -0.15) is 0 Å². The third-order valence-corrected chi connectivity index (χ3v) is 7.85. The third-order valence-electron chi connectivity index (χ3n) is 4.76. The van der Waals surface area contributed by atoms with Crippen LogP contribution in [0, 0.1) is 0 Å². The molecular weight excluding hydrogens is 444 g/mol. The summed E-state index contributed by atoms with van der Waals surface area (Å²) in [5.41, 5.74) is 2.39. The van der Waals surface area contributed by atoms with Crippen molar-refractivity contribution in [1.29, 1.82) is 0 Å². The van der Waals surface area contributed by atoms with Crippen LogP contribution in [0.2, 0.25) is 0 Å². The van der Waals surface area contributed by atoms with E-state index in [4.69, 9.17) is 4.42 Å². The lowest BCUT2D eigenvalue weighted by Crippen LogP contribution is -1.99. The topological polar surface area (TPSA) is 93.3 Å². The molecule has 0 aliphatic rings. The maximum Gasteiger partial charge on any atom is 0.237 e. The summed E-state index contributed by atoms with van der Waals surface area (Å²) in [6, 6.07) is 25.9. The number of para-hydroxylation sites is 1. The van der Waals surface area contributed by atoms with Crippen molar-refractivity contribution >= 4 is 30.6 Å². The quantitative estimate of drug-likeness (QED) is 0.264. The van der Waals surface area contributed by atoms with Gasteiger partial charge in [-0.1, -0.05) is 36.4 Å². The largest absolute Gasteiger partial charge is 0.508 e. The summed E-state index contributed by atoms with van der Waals surface area (Å²) in [7, 11) is -3.14. The monoisotopic (exact) mass is 460 g/mol. The zero-order chi connectivity index (χ0) is 22.1. The molecule has 0 spiro atoms. The van der Waals surface area contributed by atoms with Gasteiger partial charge in [0.2, 0.25) is 14.0 Å². The van der Waals surface area contributed by atoms with Crippen LogP contribution in [-0.4, -0.2) is 23.5 Å². The first-order chi connectivity index (χ1) is 15.5. The lowest BCUT2D eigenvalue weighted by Gasteiger charge is -2.08. The van der Waals surface area contributed by atoms with Crippen molar-refractivity contribution in [3.8, 4) is 28.5 Å². The van der Waals surface area contributed by atoms with Crippen LogP contribution in [0.5, 0.6) is 5.75 Å². The molecule has 8 heteroatoms. The number of fused-ring (bicyclic) bond motifs is 1. The van der Waals surface area contributed by atoms with Gasteiger partial charge in [-0.15, -0.1) is 0 Å². The first-order valence-electron chi connectivity index (χ1n) is 9.65. The van der Waals surface area contributed by atoms with Crippen LogP contribution in [0.4, 0.5) is 0 Å². The van der Waals surface area contributed by atoms with Crippen molar-refractivity contribution in [2.24, 2.45) is 0 Å². The summed E-state index contributed by atoms with van der Waals surface area (Å²) in [6.45, 7) is 0. The van der Waals surface area contributed by atoms with Crippen LogP contribution >= 0.6 is 10.8 Å². The molecule has 0 radical (unpaired) electrons. The van der Waals surface area contributed by atoms with Gasteiger partial charge in [0.1, 0.15) is 17.0 Å². The van der Waals surface area contributed by atoms with Gasteiger partial charge in [-0.3, -0.25) is 0 Å². The molecule has 1 N–H and O–H groups in total. The highest BCUT2D eigenvalue weighted by Crippen LogP contribution is 2.34. The number of phenolic OH excluding ortho intramolecular Hbond substituents is 1. The molecule has 5 rings (SSSR count). The van der Waals surface area contributed by atoms with E-state index in [1.54, 1.807) is 48.5 Å². The van der Waals surface area contributed by atoms with E-state index in [2.05, 4.69) is 9.97 Å². The highest BCUT2D eigenvalue weighted by molar-refractivity contribution is 8.72. The minimum Gasteiger partial charge on any atom is -0.508 e. The number of aromatic hydroxyl groups is 1. The standard InChI is InChI=1S/C24H16N2O4S2/c27-18-12-10-16(11-13-18)20-15-21(23-14-17-6-4-5-9-22(17)30-23)26-24(25-20)31-32(28,29)19-7-2-1-3-8-19/h1-15,27H. The van der Waals surface area contributed by atoms with Gasteiger partial charge in [0.05, 0.1) is 21.4 Å². The molecule has 2 heterocycles. The van der Waals surface area contributed by atoms with E-state index in [0.717, 1.165) is 5.39 Å². The predicted octanol–water partition coefficient (Wildman–Crippen LogP) is 5.74. The van der Waals surface area contributed by atoms with Crippen LogP contribution in [0.3, 0.4) is 0 Å². The smallest absolute Gasteiger partial charge is 0.237 e. The van der Waals surface area contributed by atoms with Gasteiger partial charge in [-0.25, -0.2) is 18.4 Å². The molecule has 0 saturated carbocycles. The number of aromatic nitrogens is 2. The fraction of sp³-hybridized carbons (Fsp3) is 0. The Bertz CT molecular complexity index is 1480. The Balaban J connectivity index is 1.63. The van der Waals surface area contributed by atoms with Gasteiger partial charge in [-0.05, 0) is 54.6 Å². The first kappa shape index (κ1) is 20.3. The fourth-order valence-corrected chi connectivity index (χ4v) is 5.70. The Kier molecular flexibility index (Phi) is 5.16. The molecule has 0 aliphatic heterocycles. The molecule has 0 bridgehead atoms. The van der Waals surface area contributed by atoms with E-state index in [0.29, 0.717) is 39.1 Å². The Hall–Kier alpha value is -3.62. The van der Waals surface area contributed by atoms with Crippen molar-refractivity contribution in [2.45, 2.75) is 10.1 Å². The molecular formula is C24H16N2O4S2. The SMILES string of the molecule is O=S(=O)(Sc1nc(-c2ccc(O)cc2)cc(-c2cc3ccccc3o2)n1)c1ccccc1. The number of rotatable bonds is 5. The Morgan fingerprint density at radius 2 is 1.47 bits per heavy atom.